The van der Waals surface area contributed by atoms with Crippen LogP contribution in [-0.2, 0) is 9.47 Å². The minimum atomic E-state index is -0.654. The topological polar surface area (TPSA) is 111 Å². The molecule has 1 atom stereocenters. The van der Waals surface area contributed by atoms with Gasteiger partial charge in [-0.3, -0.25) is 14.4 Å². The van der Waals surface area contributed by atoms with Crippen molar-refractivity contribution in [2.45, 2.75) is 71.1 Å². The number of rotatable bonds is 16. The molecule has 278 valence electrons. The molecule has 6 aromatic rings. The largest absolute Gasteiger partial charge is 0.451 e. The average Bonchev–Trinajstić information content (AvgIpc) is 3.27. The zero-order valence-electron chi connectivity index (χ0n) is 30.5. The number of ether oxygens (including phenoxy) is 2. The molecule has 7 rings (SSSR count). The van der Waals surface area contributed by atoms with Crippen molar-refractivity contribution < 1.29 is 23.1 Å². The predicted molar refractivity (Wildman–Crippen MR) is 210 cm³/mol. The summed E-state index contributed by atoms with van der Waals surface area (Å²) in [5, 5.41) is 8.80. The Bertz CT molecular complexity index is 2400. The van der Waals surface area contributed by atoms with Gasteiger partial charge in [0.15, 0.2) is 22.4 Å². The molecule has 10 heteroatoms. The van der Waals surface area contributed by atoms with Gasteiger partial charge in [0, 0.05) is 49.9 Å². The summed E-state index contributed by atoms with van der Waals surface area (Å²) in [5.74, 6) is -0.850. The second-order valence-corrected chi connectivity index (χ2v) is 14.3. The highest BCUT2D eigenvalue weighted by molar-refractivity contribution is 6.15. The van der Waals surface area contributed by atoms with Gasteiger partial charge in [-0.2, -0.15) is 0 Å². The van der Waals surface area contributed by atoms with Crippen LogP contribution in [0.4, 0.5) is 10.1 Å². The van der Waals surface area contributed by atoms with Crippen molar-refractivity contribution in [2.75, 3.05) is 44.8 Å². The zero-order chi connectivity index (χ0) is 36.9. The molecule has 2 aromatic heterocycles. The molecule has 0 radical (unpaired) electrons. The van der Waals surface area contributed by atoms with Crippen molar-refractivity contribution in [1.29, 1.82) is 0 Å². The highest BCUT2D eigenvalue weighted by Gasteiger charge is 2.24. The number of nitrogens with zero attached hydrogens (tertiary/aromatic N) is 1. The van der Waals surface area contributed by atoms with Gasteiger partial charge in [0.2, 0.25) is 5.43 Å². The number of unbranched alkanes of at least 4 members (excludes halogenated alkanes) is 4. The summed E-state index contributed by atoms with van der Waals surface area (Å²) in [4.78, 5) is 41.1. The monoisotopic (exact) mass is 721 g/mol. The summed E-state index contributed by atoms with van der Waals surface area (Å²) in [6.07, 6.45) is 10.7. The molecule has 1 aliphatic heterocycles. The minimum absolute atomic E-state index is 0.0381. The second kappa shape index (κ2) is 16.5. The van der Waals surface area contributed by atoms with E-state index < -0.39 is 17.2 Å². The van der Waals surface area contributed by atoms with Crippen LogP contribution < -0.4 is 21.5 Å². The summed E-state index contributed by atoms with van der Waals surface area (Å²) < 4.78 is 35.5. The number of benzene rings is 3. The molecule has 0 spiro atoms. The van der Waals surface area contributed by atoms with Gasteiger partial charge in [-0.15, -0.1) is 0 Å². The Morgan fingerprint density at radius 3 is 2.58 bits per heavy atom. The molecule has 1 unspecified atom stereocenters. The molecule has 0 aliphatic carbocycles. The molecule has 1 saturated heterocycles. The third-order valence-electron chi connectivity index (χ3n) is 10.6. The maximum atomic E-state index is 16.1. The number of halogens is 1. The third kappa shape index (κ3) is 7.53. The molecule has 4 aromatic carbocycles. The first-order valence-electron chi connectivity index (χ1n) is 19.1. The Morgan fingerprint density at radius 1 is 0.925 bits per heavy atom. The van der Waals surface area contributed by atoms with Crippen LogP contribution in [0.25, 0.3) is 49.1 Å². The average molecular weight is 722 g/mol. The van der Waals surface area contributed by atoms with Crippen LogP contribution in [0.3, 0.4) is 0 Å². The smallest absolute Gasteiger partial charge is 0.256 e. The van der Waals surface area contributed by atoms with Crippen molar-refractivity contribution in [3.63, 3.8) is 0 Å². The molecule has 1 aliphatic rings. The predicted octanol–water partition coefficient (Wildman–Crippen LogP) is 8.72. The fourth-order valence-corrected chi connectivity index (χ4v) is 7.64. The van der Waals surface area contributed by atoms with Crippen LogP contribution in [-0.4, -0.2) is 49.8 Å². The molecule has 53 heavy (non-hydrogen) atoms. The quantitative estimate of drug-likeness (QED) is 0.0445. The maximum absolute atomic E-state index is 16.1. The van der Waals surface area contributed by atoms with Crippen LogP contribution >= 0.6 is 0 Å². The normalized spacial score (nSPS) is 15.3. The van der Waals surface area contributed by atoms with Gasteiger partial charge in [0.1, 0.15) is 16.8 Å². The van der Waals surface area contributed by atoms with Gasteiger partial charge in [-0.1, -0.05) is 62.6 Å². The van der Waals surface area contributed by atoms with Crippen molar-refractivity contribution in [1.82, 2.24) is 9.72 Å². The number of nitrogens with one attached hydrogen (secondary N) is 2. The Kier molecular flexibility index (Phi) is 11.4. The first-order chi connectivity index (χ1) is 25.9. The molecule has 1 amide bonds. The number of carbonyl (C=O) groups is 1. The van der Waals surface area contributed by atoms with Crippen molar-refractivity contribution >= 4 is 60.7 Å². The summed E-state index contributed by atoms with van der Waals surface area (Å²) >= 11 is 0. The Hall–Kier alpha value is -4.80. The van der Waals surface area contributed by atoms with E-state index in [0.29, 0.717) is 66.0 Å². The highest BCUT2D eigenvalue weighted by Crippen LogP contribution is 2.36. The first-order valence-corrected chi connectivity index (χ1v) is 19.1. The van der Waals surface area contributed by atoms with E-state index in [1.165, 1.54) is 17.8 Å². The lowest BCUT2D eigenvalue weighted by atomic mass is 9.91. The second-order valence-electron chi connectivity index (χ2n) is 14.3. The first kappa shape index (κ1) is 36.6. The maximum Gasteiger partial charge on any atom is 0.256 e. The van der Waals surface area contributed by atoms with Crippen LogP contribution in [0.5, 0.6) is 0 Å². The van der Waals surface area contributed by atoms with E-state index in [-0.39, 0.29) is 27.6 Å². The van der Waals surface area contributed by atoms with E-state index in [2.05, 4.69) is 24.1 Å². The molecule has 1 fully saturated rings. The van der Waals surface area contributed by atoms with Crippen LogP contribution in [0, 0.1) is 11.7 Å². The van der Waals surface area contributed by atoms with Crippen LogP contribution in [0.15, 0.2) is 74.8 Å². The van der Waals surface area contributed by atoms with Gasteiger partial charge in [0.25, 0.3) is 5.91 Å². The Morgan fingerprint density at radius 2 is 1.74 bits per heavy atom. The third-order valence-corrected chi connectivity index (χ3v) is 10.6. The van der Waals surface area contributed by atoms with Gasteiger partial charge in [0.05, 0.1) is 17.5 Å². The van der Waals surface area contributed by atoms with Crippen LogP contribution in [0.1, 0.15) is 81.5 Å². The number of hydrogen-bond acceptors (Lipinski definition) is 7. The van der Waals surface area contributed by atoms with E-state index >= 15 is 4.39 Å². The number of aromatic nitrogens is 1. The Labute approximate surface area is 307 Å². The summed E-state index contributed by atoms with van der Waals surface area (Å²) in [6, 6.07) is 12.1. The molecule has 0 bridgehead atoms. The highest BCUT2D eigenvalue weighted by atomic mass is 19.1. The van der Waals surface area contributed by atoms with E-state index in [1.807, 2.05) is 24.3 Å². The number of fused-ring (bicyclic) bond motifs is 5. The van der Waals surface area contributed by atoms with Gasteiger partial charge in [-0.05, 0) is 79.8 Å². The van der Waals surface area contributed by atoms with E-state index in [0.717, 1.165) is 81.8 Å². The lowest BCUT2D eigenvalue weighted by Gasteiger charge is -2.17. The molecule has 2 N–H and O–H groups in total. The number of amides is 1. The minimum Gasteiger partial charge on any atom is -0.451 e. The molecule has 0 saturated carbocycles. The van der Waals surface area contributed by atoms with Crippen molar-refractivity contribution in [3.8, 4) is 0 Å². The number of pyridine rings is 1. The van der Waals surface area contributed by atoms with E-state index in [1.54, 1.807) is 16.5 Å². The van der Waals surface area contributed by atoms with Crippen molar-refractivity contribution in [2.24, 2.45) is 5.92 Å². The summed E-state index contributed by atoms with van der Waals surface area (Å²) in [6.45, 7) is 10.2. The SMILES string of the molecule is C=C1CCOCCC1CCCNC(=O)c1cn2c3cc4c(cc3oc3c(NCCCCCCOCCCC)c(F)cc(c1=O)c32)c(=O)c1ccccc14. The number of hydrogen-bond donors (Lipinski definition) is 2. The molecular formula is C43H48FN3O6. The van der Waals surface area contributed by atoms with Gasteiger partial charge < -0.3 is 28.9 Å². The standard InChI is InChI=1S/C43H48FN3O6/c1-3-4-19-51-20-10-6-5-9-17-45-38-35(44)23-33-39-42(38)53-37-25-32-31(29-13-7-8-14-30(29)40(32)48)24-36(37)47(39)26-34(41(33)49)43(50)46-18-11-12-28-16-22-52-21-15-27(28)2/h7-8,13-14,23-26,28,45H,2-6,9-12,15-22H2,1H3,(H,46,50). The van der Waals surface area contributed by atoms with Gasteiger partial charge >= 0.3 is 0 Å². The van der Waals surface area contributed by atoms with Crippen molar-refractivity contribution in [3.05, 3.63) is 92.6 Å². The van der Waals surface area contributed by atoms with E-state index in [9.17, 15) is 14.4 Å². The lowest BCUT2D eigenvalue weighted by molar-refractivity contribution is 0.0951. The Balaban J connectivity index is 1.22. The molecule has 9 nitrogen and oxygen atoms in total. The fourth-order valence-electron chi connectivity index (χ4n) is 7.64. The summed E-state index contributed by atoms with van der Waals surface area (Å²) in [7, 11) is 0. The number of carbonyl (C=O) groups excluding carboxylic acids is 1. The summed E-state index contributed by atoms with van der Waals surface area (Å²) in [5.41, 5.74) is 1.90. The fraction of sp³-hybridized carbons (Fsp3) is 0.419. The van der Waals surface area contributed by atoms with Gasteiger partial charge in [-0.25, -0.2) is 4.39 Å². The zero-order valence-corrected chi connectivity index (χ0v) is 30.5. The van der Waals surface area contributed by atoms with E-state index in [4.69, 9.17) is 13.9 Å². The number of anilines is 1. The van der Waals surface area contributed by atoms with Crippen LogP contribution in [0.2, 0.25) is 0 Å². The molecule has 3 heterocycles. The molecular weight excluding hydrogens is 673 g/mol. The lowest BCUT2D eigenvalue weighted by Crippen LogP contribution is -2.30.